The molecule has 28 heavy (non-hydrogen) atoms. The third-order valence-electron chi connectivity index (χ3n) is 3.64. The molecule has 0 aliphatic carbocycles. The number of anilines is 1. The molecule has 0 radical (unpaired) electrons. The number of carbonyl (C=O) groups is 3. The number of Topliss-reactive ketones (excluding diaryl/α,β-unsaturated/α-hetero) is 1. The lowest BCUT2D eigenvalue weighted by Gasteiger charge is -2.13. The Morgan fingerprint density at radius 1 is 1.00 bits per heavy atom. The Bertz CT molecular complexity index is 831. The summed E-state index contributed by atoms with van der Waals surface area (Å²) in [5.41, 5.74) is 0.888. The standard InChI is InChI=1S/C21H24N2O5/c1-4-27-16-11-9-15(10-12-16)19(24)13-28-20(25)17-7-5-6-8-18(17)23-21(26)22-14(2)3/h5-12,14H,4,13H2,1-3H3,(H2,22,23,26). The molecule has 148 valence electrons. The van der Waals surface area contributed by atoms with Crippen LogP contribution in [0.15, 0.2) is 48.5 Å². The van der Waals surface area contributed by atoms with E-state index in [-0.39, 0.29) is 17.4 Å². The molecule has 2 amide bonds. The molecule has 0 unspecified atom stereocenters. The van der Waals surface area contributed by atoms with Crippen molar-refractivity contribution in [2.45, 2.75) is 26.8 Å². The van der Waals surface area contributed by atoms with Gasteiger partial charge in [-0.1, -0.05) is 12.1 Å². The van der Waals surface area contributed by atoms with Crippen molar-refractivity contribution in [2.24, 2.45) is 0 Å². The highest BCUT2D eigenvalue weighted by molar-refractivity contribution is 6.03. The molecule has 0 aliphatic rings. The van der Waals surface area contributed by atoms with E-state index in [2.05, 4.69) is 10.6 Å². The predicted molar refractivity (Wildman–Crippen MR) is 106 cm³/mol. The smallest absolute Gasteiger partial charge is 0.340 e. The average molecular weight is 384 g/mol. The van der Waals surface area contributed by atoms with Gasteiger partial charge in [0, 0.05) is 11.6 Å². The van der Waals surface area contributed by atoms with Crippen LogP contribution < -0.4 is 15.4 Å². The molecule has 2 aromatic carbocycles. The summed E-state index contributed by atoms with van der Waals surface area (Å²) in [5, 5.41) is 5.29. The summed E-state index contributed by atoms with van der Waals surface area (Å²) in [4.78, 5) is 36.5. The van der Waals surface area contributed by atoms with E-state index in [4.69, 9.17) is 9.47 Å². The summed E-state index contributed by atoms with van der Waals surface area (Å²) in [6.45, 7) is 5.66. The SMILES string of the molecule is CCOc1ccc(C(=O)COC(=O)c2ccccc2NC(=O)NC(C)C)cc1. The van der Waals surface area contributed by atoms with Crippen LogP contribution in [-0.2, 0) is 4.74 Å². The Labute approximate surface area is 164 Å². The van der Waals surface area contributed by atoms with Gasteiger partial charge in [-0.15, -0.1) is 0 Å². The lowest BCUT2D eigenvalue weighted by Crippen LogP contribution is -2.34. The molecule has 0 spiro atoms. The third-order valence-corrected chi connectivity index (χ3v) is 3.64. The van der Waals surface area contributed by atoms with Crippen molar-refractivity contribution >= 4 is 23.5 Å². The number of ketones is 1. The zero-order valence-electron chi connectivity index (χ0n) is 16.2. The first-order chi connectivity index (χ1) is 13.4. The first-order valence-electron chi connectivity index (χ1n) is 9.00. The second kappa shape index (κ2) is 10.1. The maximum atomic E-state index is 12.4. The summed E-state index contributed by atoms with van der Waals surface area (Å²) in [7, 11) is 0. The van der Waals surface area contributed by atoms with Gasteiger partial charge >= 0.3 is 12.0 Å². The largest absolute Gasteiger partial charge is 0.494 e. The zero-order chi connectivity index (χ0) is 20.5. The minimum atomic E-state index is -0.695. The van der Waals surface area contributed by atoms with E-state index in [0.717, 1.165) is 0 Å². The van der Waals surface area contributed by atoms with Gasteiger partial charge in [0.15, 0.2) is 12.4 Å². The summed E-state index contributed by atoms with van der Waals surface area (Å²) >= 11 is 0. The Morgan fingerprint density at radius 2 is 1.68 bits per heavy atom. The molecule has 2 aromatic rings. The maximum absolute atomic E-state index is 12.4. The predicted octanol–water partition coefficient (Wildman–Crippen LogP) is 3.65. The molecule has 7 nitrogen and oxygen atoms in total. The van der Waals surface area contributed by atoms with E-state index < -0.39 is 18.6 Å². The number of hydrogen-bond acceptors (Lipinski definition) is 5. The van der Waals surface area contributed by atoms with Crippen molar-refractivity contribution in [3.63, 3.8) is 0 Å². The molecule has 0 heterocycles. The average Bonchev–Trinajstić information content (AvgIpc) is 2.66. The number of rotatable bonds is 8. The molecular weight excluding hydrogens is 360 g/mol. The van der Waals surface area contributed by atoms with E-state index in [1.807, 2.05) is 20.8 Å². The van der Waals surface area contributed by atoms with Crippen LogP contribution in [0.5, 0.6) is 5.75 Å². The molecule has 2 N–H and O–H groups in total. The Morgan fingerprint density at radius 3 is 2.32 bits per heavy atom. The summed E-state index contributed by atoms with van der Waals surface area (Å²) in [6, 6.07) is 12.6. The van der Waals surface area contributed by atoms with Gasteiger partial charge < -0.3 is 20.1 Å². The third kappa shape index (κ3) is 6.12. The molecule has 0 bridgehead atoms. The number of hydrogen-bond donors (Lipinski definition) is 2. The van der Waals surface area contributed by atoms with Crippen LogP contribution in [0.1, 0.15) is 41.5 Å². The van der Waals surface area contributed by atoms with Crippen LogP contribution in [0.25, 0.3) is 0 Å². The fourth-order valence-electron chi connectivity index (χ4n) is 2.39. The number of para-hydroxylation sites is 1. The van der Waals surface area contributed by atoms with E-state index in [9.17, 15) is 14.4 Å². The van der Waals surface area contributed by atoms with Gasteiger partial charge in [0.2, 0.25) is 0 Å². The van der Waals surface area contributed by atoms with Gasteiger partial charge in [-0.3, -0.25) is 4.79 Å². The lowest BCUT2D eigenvalue weighted by atomic mass is 10.1. The molecule has 0 fully saturated rings. The van der Waals surface area contributed by atoms with E-state index in [1.165, 1.54) is 6.07 Å². The first-order valence-corrected chi connectivity index (χ1v) is 9.00. The van der Waals surface area contributed by atoms with Crippen LogP contribution in [0.3, 0.4) is 0 Å². The highest BCUT2D eigenvalue weighted by Gasteiger charge is 2.16. The van der Waals surface area contributed by atoms with Crippen molar-refractivity contribution in [2.75, 3.05) is 18.5 Å². The second-order valence-corrected chi connectivity index (χ2v) is 6.26. The monoisotopic (exact) mass is 384 g/mol. The second-order valence-electron chi connectivity index (χ2n) is 6.26. The molecular formula is C21H24N2O5. The topological polar surface area (TPSA) is 93.7 Å². The van der Waals surface area contributed by atoms with Crippen molar-refractivity contribution in [3.05, 3.63) is 59.7 Å². The summed E-state index contributed by atoms with van der Waals surface area (Å²) < 4.78 is 10.5. The van der Waals surface area contributed by atoms with Crippen molar-refractivity contribution in [3.8, 4) is 5.75 Å². The quantitative estimate of drug-likeness (QED) is 0.535. The molecule has 0 saturated carbocycles. The molecule has 0 atom stereocenters. The zero-order valence-corrected chi connectivity index (χ0v) is 16.2. The number of urea groups is 1. The van der Waals surface area contributed by atoms with Crippen LogP contribution in [-0.4, -0.2) is 37.0 Å². The van der Waals surface area contributed by atoms with Crippen LogP contribution in [0, 0.1) is 0 Å². The Balaban J connectivity index is 1.99. The van der Waals surface area contributed by atoms with Gasteiger partial charge in [0.05, 0.1) is 17.9 Å². The Hall–Kier alpha value is -3.35. The molecule has 7 heteroatoms. The highest BCUT2D eigenvalue weighted by atomic mass is 16.5. The van der Waals surface area contributed by atoms with Gasteiger partial charge in [-0.25, -0.2) is 9.59 Å². The Kier molecular flexibility index (Phi) is 7.56. The summed E-state index contributed by atoms with van der Waals surface area (Å²) in [6.07, 6.45) is 0. The van der Waals surface area contributed by atoms with Crippen LogP contribution in [0.4, 0.5) is 10.5 Å². The highest BCUT2D eigenvalue weighted by Crippen LogP contribution is 2.17. The van der Waals surface area contributed by atoms with Crippen molar-refractivity contribution in [1.29, 1.82) is 0 Å². The fourth-order valence-corrected chi connectivity index (χ4v) is 2.39. The van der Waals surface area contributed by atoms with Crippen LogP contribution >= 0.6 is 0 Å². The number of ether oxygens (including phenoxy) is 2. The van der Waals surface area contributed by atoms with Gasteiger partial charge in [-0.05, 0) is 57.2 Å². The number of benzene rings is 2. The summed E-state index contributed by atoms with van der Waals surface area (Å²) in [5.74, 6) is -0.366. The van der Waals surface area contributed by atoms with Gasteiger partial charge in [0.25, 0.3) is 0 Å². The normalized spacial score (nSPS) is 10.3. The maximum Gasteiger partial charge on any atom is 0.340 e. The van der Waals surface area contributed by atoms with E-state index in [0.29, 0.717) is 23.6 Å². The minimum Gasteiger partial charge on any atom is -0.494 e. The van der Waals surface area contributed by atoms with Gasteiger partial charge in [0.1, 0.15) is 5.75 Å². The first kappa shape index (κ1) is 21.0. The van der Waals surface area contributed by atoms with E-state index in [1.54, 1.807) is 42.5 Å². The number of amides is 2. The molecule has 0 aliphatic heterocycles. The van der Waals surface area contributed by atoms with E-state index >= 15 is 0 Å². The van der Waals surface area contributed by atoms with Crippen LogP contribution in [0.2, 0.25) is 0 Å². The van der Waals surface area contributed by atoms with Crippen molar-refractivity contribution < 1.29 is 23.9 Å². The van der Waals surface area contributed by atoms with Gasteiger partial charge in [-0.2, -0.15) is 0 Å². The lowest BCUT2D eigenvalue weighted by molar-refractivity contribution is 0.0475. The molecule has 0 saturated heterocycles. The minimum absolute atomic E-state index is 0.0501. The molecule has 2 rings (SSSR count). The fraction of sp³-hybridized carbons (Fsp3) is 0.286. The number of esters is 1. The molecule has 0 aromatic heterocycles. The van der Waals surface area contributed by atoms with Crippen molar-refractivity contribution in [1.82, 2.24) is 5.32 Å². The number of nitrogens with one attached hydrogen (secondary N) is 2. The number of carbonyl (C=O) groups excluding carboxylic acids is 3.